The van der Waals surface area contributed by atoms with Crippen LogP contribution in [0.3, 0.4) is 0 Å². The molecule has 0 spiro atoms. The van der Waals surface area contributed by atoms with Crippen molar-refractivity contribution in [2.45, 2.75) is 38.1 Å². The maximum Gasteiger partial charge on any atom is 0.237 e. The van der Waals surface area contributed by atoms with E-state index in [-0.39, 0.29) is 17.7 Å². The molecule has 0 aromatic rings. The van der Waals surface area contributed by atoms with Crippen LogP contribution in [0.25, 0.3) is 0 Å². The van der Waals surface area contributed by atoms with Gasteiger partial charge in [0.25, 0.3) is 0 Å². The molecule has 4 nitrogen and oxygen atoms in total. The van der Waals surface area contributed by atoms with Gasteiger partial charge in [0.15, 0.2) is 9.84 Å². The van der Waals surface area contributed by atoms with Crippen LogP contribution in [0, 0.1) is 0 Å². The van der Waals surface area contributed by atoms with Gasteiger partial charge in [-0.1, -0.05) is 25.3 Å². The molecule has 1 saturated carbocycles. The van der Waals surface area contributed by atoms with E-state index in [1.54, 1.807) is 11.9 Å². The topological polar surface area (TPSA) is 54.5 Å². The van der Waals surface area contributed by atoms with Gasteiger partial charge in [-0.2, -0.15) is 0 Å². The minimum atomic E-state index is -3.32. The lowest BCUT2D eigenvalue weighted by atomic mass is 9.94. The molecule has 0 aromatic carbocycles. The monoisotopic (exact) mass is 259 g/mol. The molecule has 0 saturated heterocycles. The molecule has 0 bridgehead atoms. The van der Waals surface area contributed by atoms with Crippen molar-refractivity contribution in [2.24, 2.45) is 0 Å². The fourth-order valence-electron chi connectivity index (χ4n) is 2.20. The first-order valence-electron chi connectivity index (χ1n) is 6.03. The van der Waals surface area contributed by atoms with E-state index >= 15 is 0 Å². The summed E-state index contributed by atoms with van der Waals surface area (Å²) in [7, 11) is -1.61. The number of amides is 1. The molecule has 1 aliphatic rings. The molecule has 0 aromatic heterocycles. The molecule has 0 heterocycles. The predicted molar refractivity (Wildman–Crippen MR) is 68.5 cm³/mol. The van der Waals surface area contributed by atoms with Crippen molar-refractivity contribution in [1.82, 2.24) is 4.90 Å². The highest BCUT2D eigenvalue weighted by atomic mass is 32.2. The Morgan fingerprint density at radius 1 is 1.35 bits per heavy atom. The number of hydrogen-bond donors (Lipinski definition) is 0. The number of rotatable bonds is 5. The van der Waals surface area contributed by atoms with E-state index in [2.05, 4.69) is 6.58 Å². The van der Waals surface area contributed by atoms with Gasteiger partial charge in [0.2, 0.25) is 5.91 Å². The van der Waals surface area contributed by atoms with Crippen LogP contribution >= 0.6 is 0 Å². The Labute approximate surface area is 104 Å². The number of sulfone groups is 1. The number of carbonyl (C=O) groups is 1. The summed E-state index contributed by atoms with van der Waals surface area (Å²) in [6.45, 7) is 3.38. The average molecular weight is 259 g/mol. The molecule has 0 atom stereocenters. The Morgan fingerprint density at radius 3 is 2.47 bits per heavy atom. The van der Waals surface area contributed by atoms with Crippen LogP contribution in [0.15, 0.2) is 12.7 Å². The van der Waals surface area contributed by atoms with E-state index in [1.807, 2.05) is 0 Å². The van der Waals surface area contributed by atoms with Crippen molar-refractivity contribution < 1.29 is 13.2 Å². The van der Waals surface area contributed by atoms with Gasteiger partial charge in [0.1, 0.15) is 5.75 Å². The lowest BCUT2D eigenvalue weighted by Gasteiger charge is -2.31. The van der Waals surface area contributed by atoms with E-state index in [0.29, 0.717) is 0 Å². The Kier molecular flexibility index (Phi) is 5.18. The van der Waals surface area contributed by atoms with Gasteiger partial charge >= 0.3 is 0 Å². The molecule has 1 aliphatic carbocycles. The second kappa shape index (κ2) is 6.19. The summed E-state index contributed by atoms with van der Waals surface area (Å²) in [4.78, 5) is 13.5. The van der Waals surface area contributed by atoms with Crippen LogP contribution in [0.1, 0.15) is 32.1 Å². The average Bonchev–Trinajstić information content (AvgIpc) is 2.28. The molecule has 0 unspecified atom stereocenters. The zero-order chi connectivity index (χ0) is 12.9. The van der Waals surface area contributed by atoms with Crippen LogP contribution in [0.4, 0.5) is 0 Å². The van der Waals surface area contributed by atoms with Gasteiger partial charge in [-0.05, 0) is 12.8 Å². The number of nitrogens with zero attached hydrogens (tertiary/aromatic N) is 1. The smallest absolute Gasteiger partial charge is 0.237 e. The van der Waals surface area contributed by atoms with E-state index in [0.717, 1.165) is 25.7 Å². The Hall–Kier alpha value is -0.840. The largest absolute Gasteiger partial charge is 0.342 e. The van der Waals surface area contributed by atoms with Crippen molar-refractivity contribution in [3.05, 3.63) is 12.7 Å². The minimum Gasteiger partial charge on any atom is -0.342 e. The third-order valence-electron chi connectivity index (χ3n) is 3.23. The summed E-state index contributed by atoms with van der Waals surface area (Å²) in [5.41, 5.74) is 0. The van der Waals surface area contributed by atoms with Crippen molar-refractivity contribution >= 4 is 15.7 Å². The minimum absolute atomic E-state index is 0.128. The molecule has 1 rings (SSSR count). The van der Waals surface area contributed by atoms with Gasteiger partial charge in [-0.15, -0.1) is 6.58 Å². The Bertz CT molecular complexity index is 369. The Balaban J connectivity index is 2.54. The van der Waals surface area contributed by atoms with E-state index in [9.17, 15) is 13.2 Å². The highest BCUT2D eigenvalue weighted by Crippen LogP contribution is 2.21. The lowest BCUT2D eigenvalue weighted by Crippen LogP contribution is -2.41. The highest BCUT2D eigenvalue weighted by molar-refractivity contribution is 7.92. The molecule has 0 aliphatic heterocycles. The van der Waals surface area contributed by atoms with Crippen LogP contribution < -0.4 is 0 Å². The maximum absolute atomic E-state index is 11.8. The first-order valence-corrected chi connectivity index (χ1v) is 7.85. The lowest BCUT2D eigenvalue weighted by molar-refractivity contribution is -0.129. The third-order valence-corrected chi connectivity index (χ3v) is 4.66. The summed E-state index contributed by atoms with van der Waals surface area (Å²) in [5, 5.41) is 0. The molecule has 1 amide bonds. The standard InChI is InChI=1S/C12H21NO3S/c1-3-9-17(15,16)10-12(14)13(2)11-7-5-4-6-8-11/h3,11H,1,4-10H2,2H3. The van der Waals surface area contributed by atoms with Gasteiger partial charge in [0, 0.05) is 13.1 Å². The fourth-order valence-corrected chi connectivity index (χ4v) is 3.26. The van der Waals surface area contributed by atoms with E-state index in [4.69, 9.17) is 0 Å². The third kappa shape index (κ3) is 4.50. The first kappa shape index (κ1) is 14.2. The van der Waals surface area contributed by atoms with Crippen LogP contribution in [0.2, 0.25) is 0 Å². The van der Waals surface area contributed by atoms with Gasteiger partial charge in [0.05, 0.1) is 5.75 Å². The normalized spacial score (nSPS) is 17.7. The van der Waals surface area contributed by atoms with E-state index in [1.165, 1.54) is 12.5 Å². The second-order valence-electron chi connectivity index (χ2n) is 4.64. The molecule has 98 valence electrons. The maximum atomic E-state index is 11.8. The summed E-state index contributed by atoms with van der Waals surface area (Å²) in [6, 6.07) is 0.218. The summed E-state index contributed by atoms with van der Waals surface area (Å²) in [5.74, 6) is -0.817. The predicted octanol–water partition coefficient (Wildman–Crippen LogP) is 1.38. The van der Waals surface area contributed by atoms with Gasteiger partial charge in [-0.3, -0.25) is 4.79 Å². The molecule has 17 heavy (non-hydrogen) atoms. The molecular weight excluding hydrogens is 238 g/mol. The zero-order valence-corrected chi connectivity index (χ0v) is 11.2. The van der Waals surface area contributed by atoms with Crippen molar-refractivity contribution in [2.75, 3.05) is 18.6 Å². The van der Waals surface area contributed by atoms with Crippen LogP contribution in [-0.2, 0) is 14.6 Å². The highest BCUT2D eigenvalue weighted by Gasteiger charge is 2.25. The number of hydrogen-bond acceptors (Lipinski definition) is 3. The number of carbonyl (C=O) groups excluding carboxylic acids is 1. The van der Waals surface area contributed by atoms with Gasteiger partial charge < -0.3 is 4.90 Å². The first-order chi connectivity index (χ1) is 7.96. The SMILES string of the molecule is C=CCS(=O)(=O)CC(=O)N(C)C1CCCCC1. The summed E-state index contributed by atoms with van der Waals surface area (Å²) >= 11 is 0. The van der Waals surface area contributed by atoms with Crippen LogP contribution in [-0.4, -0.2) is 43.8 Å². The molecule has 1 fully saturated rings. The molecular formula is C12H21NO3S. The molecule has 0 radical (unpaired) electrons. The quantitative estimate of drug-likeness (QED) is 0.701. The summed E-state index contributed by atoms with van der Waals surface area (Å²) in [6.07, 6.45) is 6.77. The van der Waals surface area contributed by atoms with Crippen molar-refractivity contribution in [3.8, 4) is 0 Å². The zero-order valence-electron chi connectivity index (χ0n) is 10.4. The summed E-state index contributed by atoms with van der Waals surface area (Å²) < 4.78 is 23.0. The van der Waals surface area contributed by atoms with Crippen molar-refractivity contribution in [1.29, 1.82) is 0 Å². The van der Waals surface area contributed by atoms with E-state index < -0.39 is 15.6 Å². The fraction of sp³-hybridized carbons (Fsp3) is 0.750. The molecule has 5 heteroatoms. The van der Waals surface area contributed by atoms with Crippen molar-refractivity contribution in [3.63, 3.8) is 0 Å². The second-order valence-corrected chi connectivity index (χ2v) is 6.75. The van der Waals surface area contributed by atoms with Gasteiger partial charge in [-0.25, -0.2) is 8.42 Å². The Morgan fingerprint density at radius 2 is 1.94 bits per heavy atom. The van der Waals surface area contributed by atoms with Crippen LogP contribution in [0.5, 0.6) is 0 Å². The molecule has 0 N–H and O–H groups in total.